The van der Waals surface area contributed by atoms with E-state index in [-0.39, 0.29) is 5.91 Å². The first kappa shape index (κ1) is 15.3. The zero-order valence-electron chi connectivity index (χ0n) is 12.7. The molecule has 1 aliphatic heterocycles. The summed E-state index contributed by atoms with van der Waals surface area (Å²) in [4.78, 5) is 19.0. The summed E-state index contributed by atoms with van der Waals surface area (Å²) in [5, 5.41) is 9.57. The molecule has 1 heterocycles. The van der Waals surface area contributed by atoms with Crippen molar-refractivity contribution in [2.45, 2.75) is 6.92 Å². The van der Waals surface area contributed by atoms with Crippen LogP contribution in [0, 0.1) is 18.3 Å². The lowest BCUT2D eigenvalue weighted by Crippen LogP contribution is -2.31. The fourth-order valence-corrected chi connectivity index (χ4v) is 3.27. The highest BCUT2D eigenvalue weighted by Gasteiger charge is 2.26. The molecule has 0 radical (unpaired) electrons. The first-order valence-corrected chi connectivity index (χ1v) is 8.27. The van der Waals surface area contributed by atoms with Crippen LogP contribution in [0.15, 0.2) is 53.5 Å². The molecule has 0 N–H and O–H groups in total. The predicted octanol–water partition coefficient (Wildman–Crippen LogP) is 3.74. The summed E-state index contributed by atoms with van der Waals surface area (Å²) in [5.41, 5.74) is 3.09. The van der Waals surface area contributed by atoms with Crippen LogP contribution in [0.5, 0.6) is 0 Å². The summed E-state index contributed by atoms with van der Waals surface area (Å²) in [7, 11) is 0. The van der Waals surface area contributed by atoms with Gasteiger partial charge in [-0.05, 0) is 42.8 Å². The van der Waals surface area contributed by atoms with Crippen molar-refractivity contribution < 1.29 is 4.79 Å². The highest BCUT2D eigenvalue weighted by atomic mass is 32.2. The van der Waals surface area contributed by atoms with Crippen LogP contribution in [0.4, 0.5) is 5.69 Å². The van der Waals surface area contributed by atoms with Gasteiger partial charge in [0, 0.05) is 17.9 Å². The van der Waals surface area contributed by atoms with Gasteiger partial charge in [0.25, 0.3) is 5.91 Å². The van der Waals surface area contributed by atoms with Gasteiger partial charge in [0.05, 0.1) is 17.3 Å². The van der Waals surface area contributed by atoms with Gasteiger partial charge >= 0.3 is 0 Å². The van der Waals surface area contributed by atoms with Gasteiger partial charge in [-0.25, -0.2) is 4.99 Å². The Kier molecular flexibility index (Phi) is 4.45. The minimum atomic E-state index is -0.0770. The van der Waals surface area contributed by atoms with Crippen molar-refractivity contribution in [3.63, 3.8) is 0 Å². The molecule has 3 rings (SSSR count). The summed E-state index contributed by atoms with van der Waals surface area (Å²) in [6.07, 6.45) is 0. The topological polar surface area (TPSA) is 56.5 Å². The van der Waals surface area contributed by atoms with Crippen LogP contribution < -0.4 is 0 Å². The monoisotopic (exact) mass is 321 g/mol. The van der Waals surface area contributed by atoms with Crippen molar-refractivity contribution >= 4 is 28.5 Å². The van der Waals surface area contributed by atoms with E-state index in [9.17, 15) is 4.79 Å². The molecule has 0 aliphatic carbocycles. The number of nitrogens with zero attached hydrogens (tertiary/aromatic N) is 3. The van der Waals surface area contributed by atoms with Crippen LogP contribution in [0.2, 0.25) is 0 Å². The van der Waals surface area contributed by atoms with E-state index in [2.05, 4.69) is 11.1 Å². The quantitative estimate of drug-likeness (QED) is 0.846. The number of hydrogen-bond acceptors (Lipinski definition) is 4. The Hall–Kier alpha value is -2.58. The number of thioether (sulfide) groups is 1. The lowest BCUT2D eigenvalue weighted by Gasteiger charge is -2.16. The normalized spacial score (nSPS) is 15.7. The van der Waals surface area contributed by atoms with Crippen LogP contribution in [0.1, 0.15) is 21.5 Å². The third-order valence-electron chi connectivity index (χ3n) is 3.61. The van der Waals surface area contributed by atoms with Gasteiger partial charge in [-0.15, -0.1) is 0 Å². The average molecular weight is 321 g/mol. The van der Waals surface area contributed by atoms with E-state index in [4.69, 9.17) is 5.26 Å². The third-order valence-corrected chi connectivity index (χ3v) is 4.57. The van der Waals surface area contributed by atoms with Crippen LogP contribution in [-0.2, 0) is 0 Å². The molecule has 2 aromatic rings. The number of aryl methyl sites for hydroxylation is 1. The van der Waals surface area contributed by atoms with E-state index in [1.807, 2.05) is 31.2 Å². The van der Waals surface area contributed by atoms with Gasteiger partial charge in [-0.3, -0.25) is 9.69 Å². The fourth-order valence-electron chi connectivity index (χ4n) is 2.32. The minimum Gasteiger partial charge on any atom is -0.286 e. The highest BCUT2D eigenvalue weighted by molar-refractivity contribution is 8.14. The summed E-state index contributed by atoms with van der Waals surface area (Å²) in [6.45, 7) is 2.65. The molecule has 1 aliphatic rings. The molecule has 0 unspecified atom stereocenters. The second-order valence-electron chi connectivity index (χ2n) is 5.18. The number of amidine groups is 1. The fraction of sp³-hybridized carbons (Fsp3) is 0.167. The highest BCUT2D eigenvalue weighted by Crippen LogP contribution is 2.26. The van der Waals surface area contributed by atoms with E-state index in [0.717, 1.165) is 22.2 Å². The maximum absolute atomic E-state index is 12.7. The molecule has 2 aromatic carbocycles. The Morgan fingerprint density at radius 3 is 2.65 bits per heavy atom. The first-order chi connectivity index (χ1) is 11.2. The van der Waals surface area contributed by atoms with E-state index < -0.39 is 0 Å². The van der Waals surface area contributed by atoms with Crippen LogP contribution in [0.3, 0.4) is 0 Å². The lowest BCUT2D eigenvalue weighted by atomic mass is 10.1. The molecule has 0 atom stereocenters. The maximum Gasteiger partial charge on any atom is 0.259 e. The second-order valence-corrected chi connectivity index (χ2v) is 6.24. The number of benzene rings is 2. The van der Waals surface area contributed by atoms with Gasteiger partial charge in [-0.2, -0.15) is 5.26 Å². The second kappa shape index (κ2) is 6.67. The van der Waals surface area contributed by atoms with Crippen molar-refractivity contribution in [3.8, 4) is 6.07 Å². The Labute approximate surface area is 139 Å². The van der Waals surface area contributed by atoms with E-state index >= 15 is 0 Å². The molecule has 0 saturated carbocycles. The number of carbonyl (C=O) groups is 1. The van der Waals surface area contributed by atoms with E-state index in [1.165, 1.54) is 0 Å². The Morgan fingerprint density at radius 2 is 1.96 bits per heavy atom. The summed E-state index contributed by atoms with van der Waals surface area (Å²) in [6, 6.07) is 16.6. The predicted molar refractivity (Wildman–Crippen MR) is 92.9 cm³/mol. The first-order valence-electron chi connectivity index (χ1n) is 7.28. The largest absolute Gasteiger partial charge is 0.286 e. The number of amides is 1. The number of rotatable bonds is 2. The molecule has 1 saturated heterocycles. The minimum absolute atomic E-state index is 0.0770. The number of nitriles is 1. The Bertz CT molecular complexity index is 806. The van der Waals surface area contributed by atoms with Crippen molar-refractivity contribution in [2.75, 3.05) is 12.3 Å². The van der Waals surface area contributed by atoms with Gasteiger partial charge in [0.1, 0.15) is 0 Å². The number of hydrogen-bond donors (Lipinski definition) is 0. The van der Waals surface area contributed by atoms with Gasteiger partial charge in [-0.1, -0.05) is 30.0 Å². The summed E-state index contributed by atoms with van der Waals surface area (Å²) < 4.78 is 0. The SMILES string of the molecule is Cc1ccccc1N=C1SCCN1C(=O)c1ccc(C#N)cc1. The molecule has 0 bridgehead atoms. The third kappa shape index (κ3) is 3.27. The molecule has 5 heteroatoms. The zero-order valence-corrected chi connectivity index (χ0v) is 13.5. The Morgan fingerprint density at radius 1 is 1.22 bits per heavy atom. The zero-order chi connectivity index (χ0) is 16.2. The van der Waals surface area contributed by atoms with Gasteiger partial charge in [0.15, 0.2) is 5.17 Å². The van der Waals surface area contributed by atoms with Crippen molar-refractivity contribution in [2.24, 2.45) is 4.99 Å². The molecule has 0 aromatic heterocycles. The van der Waals surface area contributed by atoms with E-state index in [0.29, 0.717) is 17.7 Å². The Balaban J connectivity index is 1.87. The lowest BCUT2D eigenvalue weighted by molar-refractivity contribution is 0.0859. The molecule has 1 amide bonds. The maximum atomic E-state index is 12.7. The van der Waals surface area contributed by atoms with Crippen LogP contribution in [-0.4, -0.2) is 28.3 Å². The molecular formula is C18H15N3OS. The van der Waals surface area contributed by atoms with Crippen molar-refractivity contribution in [1.29, 1.82) is 5.26 Å². The van der Waals surface area contributed by atoms with Crippen LogP contribution in [0.25, 0.3) is 0 Å². The summed E-state index contributed by atoms with van der Waals surface area (Å²) in [5.74, 6) is 0.763. The molecule has 23 heavy (non-hydrogen) atoms. The molecular weight excluding hydrogens is 306 g/mol. The van der Waals surface area contributed by atoms with Gasteiger partial charge in [0.2, 0.25) is 0 Å². The molecule has 4 nitrogen and oxygen atoms in total. The molecule has 0 spiro atoms. The smallest absolute Gasteiger partial charge is 0.259 e. The number of aliphatic imine (C=N–C) groups is 1. The van der Waals surface area contributed by atoms with E-state index in [1.54, 1.807) is 40.9 Å². The van der Waals surface area contributed by atoms with Crippen molar-refractivity contribution in [1.82, 2.24) is 4.90 Å². The van der Waals surface area contributed by atoms with Gasteiger partial charge < -0.3 is 0 Å². The van der Waals surface area contributed by atoms with Crippen molar-refractivity contribution in [3.05, 3.63) is 65.2 Å². The average Bonchev–Trinajstić information content (AvgIpc) is 3.04. The molecule has 114 valence electrons. The summed E-state index contributed by atoms with van der Waals surface area (Å²) >= 11 is 1.59. The standard InChI is InChI=1S/C18H15N3OS/c1-13-4-2-3-5-16(13)20-18-21(10-11-23-18)17(22)15-8-6-14(12-19)7-9-15/h2-9H,10-11H2,1H3. The number of para-hydroxylation sites is 1. The molecule has 1 fully saturated rings. The van der Waals surface area contributed by atoms with Crippen LogP contribution >= 0.6 is 11.8 Å². The number of carbonyl (C=O) groups excluding carboxylic acids is 1.